The van der Waals surface area contributed by atoms with Crippen LogP contribution < -0.4 is 4.74 Å². The third kappa shape index (κ3) is 6.06. The van der Waals surface area contributed by atoms with Gasteiger partial charge in [0.05, 0.1) is 24.8 Å². The molecule has 2 atom stereocenters. The zero-order valence-electron chi connectivity index (χ0n) is 21.8. The molecule has 2 amide bonds. The first-order chi connectivity index (χ1) is 19.0. The Labute approximate surface area is 246 Å². The van der Waals surface area contributed by atoms with Crippen molar-refractivity contribution >= 4 is 43.7 Å². The molecule has 2 aliphatic rings. The molecule has 0 bridgehead atoms. The van der Waals surface area contributed by atoms with Crippen LogP contribution in [0.2, 0.25) is 0 Å². The summed E-state index contributed by atoms with van der Waals surface area (Å²) in [5.41, 5.74) is 2.83. The highest BCUT2D eigenvalue weighted by Crippen LogP contribution is 2.45. The first-order valence-electron chi connectivity index (χ1n) is 13.2. The molecule has 3 aromatic rings. The lowest BCUT2D eigenvalue weighted by molar-refractivity contribution is 0.108. The molecule has 3 aromatic carbocycles. The number of halogens is 2. The van der Waals surface area contributed by atoms with Crippen molar-refractivity contribution in [3.05, 3.63) is 98.4 Å². The lowest BCUT2D eigenvalue weighted by atomic mass is 9.94. The number of hydrogen-bond donors (Lipinski definition) is 1. The van der Waals surface area contributed by atoms with Gasteiger partial charge in [-0.15, -0.1) is 0 Å². The predicted molar refractivity (Wildman–Crippen MR) is 160 cm³/mol. The smallest absolute Gasteiger partial charge is 0.326 e. The number of carbonyl (C=O) groups excluding carboxylic acids is 1. The van der Waals surface area contributed by atoms with Crippen molar-refractivity contribution < 1.29 is 14.6 Å². The van der Waals surface area contributed by atoms with Gasteiger partial charge in [0, 0.05) is 41.7 Å². The molecule has 2 heterocycles. The summed E-state index contributed by atoms with van der Waals surface area (Å²) in [7, 11) is 0. The molecule has 1 fully saturated rings. The Morgan fingerprint density at radius 2 is 1.54 bits per heavy atom. The Kier molecular flexibility index (Phi) is 9.02. The molecular weight excluding hydrogens is 624 g/mol. The van der Waals surface area contributed by atoms with Crippen LogP contribution in [0.15, 0.2) is 86.7 Å². The van der Waals surface area contributed by atoms with Crippen molar-refractivity contribution in [3.63, 3.8) is 0 Å². The molecule has 2 aliphatic heterocycles. The largest absolute Gasteiger partial charge is 0.493 e. The first kappa shape index (κ1) is 27.8. The summed E-state index contributed by atoms with van der Waals surface area (Å²) < 4.78 is 7.97. The average molecular weight is 656 g/mol. The Bertz CT molecular complexity index is 1310. The maximum atomic E-state index is 14.4. The van der Waals surface area contributed by atoms with E-state index in [2.05, 4.69) is 61.0 Å². The number of piperazine rings is 1. The fourth-order valence-electron chi connectivity index (χ4n) is 5.24. The lowest BCUT2D eigenvalue weighted by Gasteiger charge is -2.39. The van der Waals surface area contributed by atoms with E-state index in [0.29, 0.717) is 37.8 Å². The molecule has 0 spiro atoms. The van der Waals surface area contributed by atoms with Gasteiger partial charge in [-0.2, -0.15) is 0 Å². The van der Waals surface area contributed by atoms with E-state index in [-0.39, 0.29) is 24.7 Å². The SMILES string of the molecule is CCOc1ccccc1C1=N[C@H](c2ccc(Br)cc2)[C@H](c2ccc(Br)cc2)N1C(=O)N1CCN(CCO)CC1. The third-order valence-electron chi connectivity index (χ3n) is 7.18. The van der Waals surface area contributed by atoms with Crippen LogP contribution in [0.1, 0.15) is 35.7 Å². The Balaban J connectivity index is 1.62. The summed E-state index contributed by atoms with van der Waals surface area (Å²) in [5, 5.41) is 9.37. The molecule has 9 heteroatoms. The molecule has 0 unspecified atom stereocenters. The highest BCUT2D eigenvalue weighted by atomic mass is 79.9. The molecule has 5 rings (SSSR count). The van der Waals surface area contributed by atoms with E-state index in [1.54, 1.807) is 0 Å². The number of aliphatic hydroxyl groups excluding tert-OH is 1. The summed E-state index contributed by atoms with van der Waals surface area (Å²) in [4.78, 5) is 25.7. The minimum absolute atomic E-state index is 0.0729. The minimum atomic E-state index is -0.341. The van der Waals surface area contributed by atoms with Crippen LogP contribution in [0.3, 0.4) is 0 Å². The first-order valence-corrected chi connectivity index (χ1v) is 14.8. The molecule has 0 aromatic heterocycles. The van der Waals surface area contributed by atoms with Gasteiger partial charge in [0.1, 0.15) is 17.6 Å². The minimum Gasteiger partial charge on any atom is -0.493 e. The summed E-state index contributed by atoms with van der Waals surface area (Å²) in [6, 6.07) is 23.4. The van der Waals surface area contributed by atoms with Crippen molar-refractivity contribution in [3.8, 4) is 5.75 Å². The lowest BCUT2D eigenvalue weighted by Crippen LogP contribution is -2.54. The maximum Gasteiger partial charge on any atom is 0.326 e. The molecule has 1 saturated heterocycles. The van der Waals surface area contributed by atoms with Crippen LogP contribution >= 0.6 is 31.9 Å². The number of nitrogens with zero attached hydrogens (tertiary/aromatic N) is 4. The molecule has 0 saturated carbocycles. The van der Waals surface area contributed by atoms with Gasteiger partial charge in [0.15, 0.2) is 0 Å². The van der Waals surface area contributed by atoms with E-state index in [0.717, 1.165) is 38.7 Å². The second-order valence-electron chi connectivity index (χ2n) is 9.58. The number of para-hydroxylation sites is 1. The molecule has 0 aliphatic carbocycles. The van der Waals surface area contributed by atoms with Crippen molar-refractivity contribution in [2.75, 3.05) is 45.9 Å². The normalized spacial score (nSPS) is 19.7. The van der Waals surface area contributed by atoms with Crippen LogP contribution in [0.4, 0.5) is 4.79 Å². The number of aliphatic hydroxyl groups is 1. The van der Waals surface area contributed by atoms with Crippen molar-refractivity contribution in [2.45, 2.75) is 19.0 Å². The van der Waals surface area contributed by atoms with E-state index in [1.807, 2.05) is 65.3 Å². The van der Waals surface area contributed by atoms with Gasteiger partial charge in [-0.3, -0.25) is 14.8 Å². The topological polar surface area (TPSA) is 68.6 Å². The summed E-state index contributed by atoms with van der Waals surface area (Å²) >= 11 is 7.11. The van der Waals surface area contributed by atoms with Crippen LogP contribution in [0.5, 0.6) is 5.75 Å². The highest BCUT2D eigenvalue weighted by Gasteiger charge is 2.44. The number of β-amino-alcohol motifs (C(OH)–C–C–N with tert-alkyl or cyclic N) is 1. The Morgan fingerprint density at radius 3 is 2.15 bits per heavy atom. The Hall–Kier alpha value is -2.72. The number of ether oxygens (including phenoxy) is 1. The summed E-state index contributed by atoms with van der Waals surface area (Å²) in [6.07, 6.45) is 0. The second kappa shape index (κ2) is 12.6. The van der Waals surface area contributed by atoms with Crippen molar-refractivity contribution in [1.82, 2.24) is 14.7 Å². The number of aliphatic imine (C=N–C) groups is 1. The van der Waals surface area contributed by atoms with E-state index in [1.165, 1.54) is 0 Å². The van der Waals surface area contributed by atoms with E-state index in [4.69, 9.17) is 9.73 Å². The van der Waals surface area contributed by atoms with Crippen LogP contribution in [0.25, 0.3) is 0 Å². The molecule has 0 radical (unpaired) electrons. The van der Waals surface area contributed by atoms with Gasteiger partial charge in [-0.1, -0.05) is 68.3 Å². The van der Waals surface area contributed by atoms with E-state index < -0.39 is 0 Å². The zero-order chi connectivity index (χ0) is 27.4. The van der Waals surface area contributed by atoms with Gasteiger partial charge >= 0.3 is 6.03 Å². The number of benzene rings is 3. The second-order valence-corrected chi connectivity index (χ2v) is 11.4. The molecule has 204 valence electrons. The van der Waals surface area contributed by atoms with Crippen molar-refractivity contribution in [2.24, 2.45) is 4.99 Å². The molecule has 39 heavy (non-hydrogen) atoms. The van der Waals surface area contributed by atoms with E-state index in [9.17, 15) is 9.90 Å². The number of amides is 2. The summed E-state index contributed by atoms with van der Waals surface area (Å²) in [6.45, 7) is 5.83. The van der Waals surface area contributed by atoms with Gasteiger partial charge in [0.25, 0.3) is 0 Å². The van der Waals surface area contributed by atoms with Crippen LogP contribution in [0, 0.1) is 0 Å². The standard InChI is InChI=1S/C30H32Br2N4O3/c1-2-39-26-6-4-3-5-25(26)29-33-27(21-7-11-23(31)12-8-21)28(22-9-13-24(32)14-10-22)36(29)30(38)35-17-15-34(16-18-35)19-20-37/h3-14,27-28,37H,2,15-20H2,1H3/t27-,28+/m1/s1. The van der Waals surface area contributed by atoms with E-state index >= 15 is 0 Å². The van der Waals surface area contributed by atoms with Gasteiger partial charge < -0.3 is 14.7 Å². The van der Waals surface area contributed by atoms with Gasteiger partial charge in [-0.05, 0) is 54.4 Å². The number of amidine groups is 1. The maximum absolute atomic E-state index is 14.4. The van der Waals surface area contributed by atoms with Crippen LogP contribution in [-0.2, 0) is 0 Å². The van der Waals surface area contributed by atoms with Crippen LogP contribution in [-0.4, -0.2) is 77.6 Å². The number of hydrogen-bond acceptors (Lipinski definition) is 5. The molecule has 1 N–H and O–H groups in total. The average Bonchev–Trinajstić information content (AvgIpc) is 3.35. The number of urea groups is 1. The summed E-state index contributed by atoms with van der Waals surface area (Å²) in [5.74, 6) is 1.32. The number of carbonyl (C=O) groups is 1. The fourth-order valence-corrected chi connectivity index (χ4v) is 5.77. The van der Waals surface area contributed by atoms with Gasteiger partial charge in [-0.25, -0.2) is 4.79 Å². The molecule has 7 nitrogen and oxygen atoms in total. The Morgan fingerprint density at radius 1 is 0.923 bits per heavy atom. The highest BCUT2D eigenvalue weighted by molar-refractivity contribution is 9.10. The fraction of sp³-hybridized carbons (Fsp3) is 0.333. The molecular formula is C30H32Br2N4O3. The van der Waals surface area contributed by atoms with Gasteiger partial charge in [0.2, 0.25) is 0 Å². The zero-order valence-corrected chi connectivity index (χ0v) is 25.0. The predicted octanol–water partition coefficient (Wildman–Crippen LogP) is 5.89. The monoisotopic (exact) mass is 654 g/mol. The number of rotatable bonds is 7. The third-order valence-corrected chi connectivity index (χ3v) is 8.24. The van der Waals surface area contributed by atoms with Crippen molar-refractivity contribution in [1.29, 1.82) is 0 Å². The quantitative estimate of drug-likeness (QED) is 0.345.